The first kappa shape index (κ1) is 46.3. The Hall–Kier alpha value is -6.21. The molecule has 0 saturated heterocycles. The van der Waals surface area contributed by atoms with Crippen molar-refractivity contribution in [1.29, 1.82) is 0 Å². The SMILES string of the molecule is Cc1ccnc(-c2cc(CN(C(=O)Nc3ccc(OC(F)(F)F)cc3)C(C)C)ccc2-[n+]2ccsc2-c2cccc(CN(C(=O)Nc3ccc(OC(F)(F)F)cc3Br)C(C)C)c2)n1. The van der Waals surface area contributed by atoms with Gasteiger partial charge in [0.05, 0.1) is 22.2 Å². The number of alkyl halides is 6. The number of rotatable bonds is 13. The van der Waals surface area contributed by atoms with Crippen LogP contribution < -0.4 is 24.7 Å². The zero-order chi connectivity index (χ0) is 45.6. The monoisotopic (exact) mass is 956 g/mol. The fraction of sp³-hybridized carbons (Fsp3) is 0.250. The minimum atomic E-state index is -4.86. The average molecular weight is 958 g/mol. The molecule has 0 spiro atoms. The molecule has 2 aromatic heterocycles. The molecule has 0 aliphatic carbocycles. The van der Waals surface area contributed by atoms with Gasteiger partial charge >= 0.3 is 24.8 Å². The molecule has 0 fully saturated rings. The maximum atomic E-state index is 13.6. The number of hydrogen-bond donors (Lipinski definition) is 2. The molecule has 0 atom stereocenters. The molecule has 0 radical (unpaired) electrons. The molecule has 11 nitrogen and oxygen atoms in total. The van der Waals surface area contributed by atoms with Crippen LogP contribution in [0.15, 0.2) is 113 Å². The molecule has 19 heteroatoms. The zero-order valence-corrected chi connectivity index (χ0v) is 36.8. The van der Waals surface area contributed by atoms with Crippen molar-refractivity contribution in [3.8, 4) is 39.1 Å². The number of benzene rings is 4. The van der Waals surface area contributed by atoms with Crippen molar-refractivity contribution < 1.29 is 50.0 Å². The number of aryl methyl sites for hydroxylation is 1. The molecule has 4 amide bonds. The average Bonchev–Trinajstić information content (AvgIpc) is 3.69. The number of nitrogens with zero attached hydrogens (tertiary/aromatic N) is 5. The van der Waals surface area contributed by atoms with Gasteiger partial charge in [-0.05, 0) is 128 Å². The highest BCUT2D eigenvalue weighted by atomic mass is 79.9. The van der Waals surface area contributed by atoms with E-state index in [1.807, 2.05) is 93.2 Å². The van der Waals surface area contributed by atoms with Crippen molar-refractivity contribution in [2.75, 3.05) is 10.6 Å². The van der Waals surface area contributed by atoms with Crippen LogP contribution in [0.4, 0.5) is 47.3 Å². The Kier molecular flexibility index (Phi) is 14.3. The maximum Gasteiger partial charge on any atom is 0.573 e. The van der Waals surface area contributed by atoms with E-state index in [9.17, 15) is 35.9 Å². The van der Waals surface area contributed by atoms with E-state index in [0.717, 1.165) is 57.3 Å². The van der Waals surface area contributed by atoms with E-state index in [1.54, 1.807) is 22.1 Å². The molecule has 0 bridgehead atoms. The second-order valence-corrected chi connectivity index (χ2v) is 16.5. The third kappa shape index (κ3) is 12.5. The Morgan fingerprint density at radius 2 is 1.40 bits per heavy atom. The first-order valence-electron chi connectivity index (χ1n) is 19.3. The summed E-state index contributed by atoms with van der Waals surface area (Å²) in [7, 11) is 0. The van der Waals surface area contributed by atoms with E-state index < -0.39 is 36.3 Å². The molecule has 63 heavy (non-hydrogen) atoms. The summed E-state index contributed by atoms with van der Waals surface area (Å²) in [5.41, 5.74) is 5.18. The van der Waals surface area contributed by atoms with Crippen LogP contribution in [-0.4, -0.2) is 56.6 Å². The molecule has 0 aliphatic rings. The summed E-state index contributed by atoms with van der Waals surface area (Å²) < 4.78 is 86.4. The van der Waals surface area contributed by atoms with Crippen molar-refractivity contribution in [3.05, 3.63) is 130 Å². The lowest BCUT2D eigenvalue weighted by molar-refractivity contribution is -0.578. The molecule has 6 rings (SSSR count). The number of thiazole rings is 1. The van der Waals surface area contributed by atoms with Gasteiger partial charge in [-0.1, -0.05) is 29.5 Å². The molecule has 4 aromatic carbocycles. The number of ether oxygens (including phenoxy) is 2. The van der Waals surface area contributed by atoms with Crippen molar-refractivity contribution >= 4 is 50.7 Å². The van der Waals surface area contributed by atoms with Gasteiger partial charge < -0.3 is 29.9 Å². The van der Waals surface area contributed by atoms with Crippen LogP contribution in [0.2, 0.25) is 0 Å². The highest BCUT2D eigenvalue weighted by Crippen LogP contribution is 2.33. The van der Waals surface area contributed by atoms with Crippen molar-refractivity contribution in [2.45, 2.75) is 72.5 Å². The summed E-state index contributed by atoms with van der Waals surface area (Å²) in [5, 5.41) is 8.34. The molecule has 6 aromatic rings. The quantitative estimate of drug-likeness (QED) is 0.0881. The number of urea groups is 2. The fourth-order valence-electron chi connectivity index (χ4n) is 6.42. The molecule has 2 N–H and O–H groups in total. The van der Waals surface area contributed by atoms with E-state index in [2.05, 4.69) is 41.0 Å². The summed E-state index contributed by atoms with van der Waals surface area (Å²) in [6.07, 6.45) is -6.11. The second-order valence-electron chi connectivity index (χ2n) is 14.7. The Labute approximate surface area is 371 Å². The number of nitrogens with one attached hydrogen (secondary N) is 2. The molecule has 330 valence electrons. The highest BCUT2D eigenvalue weighted by Gasteiger charge is 2.32. The number of aromatic nitrogens is 3. The standard InChI is InChI=1S/C44H40BrF6N7O4S/c1-26(2)57(41(59)54-32-10-12-33(13-11-32)61-43(46,47)48)25-30-9-16-38(35(22-30)39-52-18-17-28(5)53-39)56-19-20-63-40(56)31-8-6-7-29(21-31)24-58(27(3)4)42(60)55-37-15-14-34(23-36(37)45)62-44(49,50)51/h6-23,26-27H,24-25H2,1-5H3,(H-,54,55,59,60)/p+1. The highest BCUT2D eigenvalue weighted by molar-refractivity contribution is 9.10. The van der Waals surface area contributed by atoms with Crippen molar-refractivity contribution in [1.82, 2.24) is 19.8 Å². The molecule has 0 saturated carbocycles. The van der Waals surface area contributed by atoms with Crippen LogP contribution >= 0.6 is 27.3 Å². The number of carbonyl (C=O) groups excluding carboxylic acids is 2. The first-order chi connectivity index (χ1) is 29.7. The molecule has 2 heterocycles. The zero-order valence-electron chi connectivity index (χ0n) is 34.4. The topological polar surface area (TPSA) is 113 Å². The third-order valence-electron chi connectivity index (χ3n) is 9.37. The van der Waals surface area contributed by atoms with Gasteiger partial charge in [0.1, 0.15) is 11.5 Å². The van der Waals surface area contributed by atoms with Crippen molar-refractivity contribution in [3.63, 3.8) is 0 Å². The first-order valence-corrected chi connectivity index (χ1v) is 21.0. The Morgan fingerprint density at radius 3 is 2.02 bits per heavy atom. The third-order valence-corrected chi connectivity index (χ3v) is 10.9. The number of hydrogen-bond acceptors (Lipinski definition) is 7. The lowest BCUT2D eigenvalue weighted by Gasteiger charge is -2.27. The number of carbonyl (C=O) groups is 2. The minimum absolute atomic E-state index is 0.176. The summed E-state index contributed by atoms with van der Waals surface area (Å²) in [6.45, 7) is 9.67. The maximum absolute atomic E-state index is 13.6. The van der Waals surface area contributed by atoms with Gasteiger partial charge in [-0.15, -0.1) is 30.9 Å². The van der Waals surface area contributed by atoms with Gasteiger partial charge in [0.25, 0.3) is 5.01 Å². The fourth-order valence-corrected chi connectivity index (χ4v) is 7.72. The van der Waals surface area contributed by atoms with Crippen LogP contribution in [0.25, 0.3) is 27.6 Å². The summed E-state index contributed by atoms with van der Waals surface area (Å²) >= 11 is 4.72. The largest absolute Gasteiger partial charge is 0.573 e. The van der Waals surface area contributed by atoms with Crippen LogP contribution in [0, 0.1) is 6.92 Å². The van der Waals surface area contributed by atoms with Crippen LogP contribution in [-0.2, 0) is 13.1 Å². The Bertz CT molecular complexity index is 2570. The van der Waals surface area contributed by atoms with Crippen molar-refractivity contribution in [2.24, 2.45) is 0 Å². The predicted molar refractivity (Wildman–Crippen MR) is 230 cm³/mol. The molecule has 0 aliphatic heterocycles. The van der Waals surface area contributed by atoms with E-state index in [1.165, 1.54) is 29.5 Å². The second kappa shape index (κ2) is 19.5. The van der Waals surface area contributed by atoms with Crippen LogP contribution in [0.1, 0.15) is 44.5 Å². The van der Waals surface area contributed by atoms with Crippen LogP contribution in [0.3, 0.4) is 0 Å². The lowest BCUT2D eigenvalue weighted by atomic mass is 10.1. The summed E-state index contributed by atoms with van der Waals surface area (Å²) in [5.74, 6) is -0.382. The number of amides is 4. The molecular formula is C44H41BrF6N7O4S+. The van der Waals surface area contributed by atoms with E-state index in [-0.39, 0.29) is 41.0 Å². The Balaban J connectivity index is 1.25. The van der Waals surface area contributed by atoms with Gasteiger partial charge in [0, 0.05) is 53.3 Å². The lowest BCUT2D eigenvalue weighted by Crippen LogP contribution is -2.39. The normalized spacial score (nSPS) is 11.7. The van der Waals surface area contributed by atoms with E-state index >= 15 is 0 Å². The number of halogens is 7. The van der Waals surface area contributed by atoms with Crippen LogP contribution in [0.5, 0.6) is 11.5 Å². The van der Waals surface area contributed by atoms with E-state index in [0.29, 0.717) is 11.4 Å². The minimum Gasteiger partial charge on any atom is -0.406 e. The predicted octanol–water partition coefficient (Wildman–Crippen LogP) is 11.9. The molecule has 0 unspecified atom stereocenters. The number of anilines is 2. The van der Waals surface area contributed by atoms with Gasteiger partial charge in [0.15, 0.2) is 12.0 Å². The van der Waals surface area contributed by atoms with Gasteiger partial charge in [-0.2, -0.15) is 0 Å². The molecular weight excluding hydrogens is 916 g/mol. The smallest absolute Gasteiger partial charge is 0.406 e. The van der Waals surface area contributed by atoms with Gasteiger partial charge in [-0.3, -0.25) is 0 Å². The van der Waals surface area contributed by atoms with Gasteiger partial charge in [-0.25, -0.2) is 19.6 Å². The summed E-state index contributed by atoms with van der Waals surface area (Å²) in [6, 6.07) is 22.3. The van der Waals surface area contributed by atoms with E-state index in [4.69, 9.17) is 4.98 Å². The Morgan fingerprint density at radius 1 is 0.778 bits per heavy atom. The summed E-state index contributed by atoms with van der Waals surface area (Å²) in [4.78, 5) is 39.7. The van der Waals surface area contributed by atoms with Gasteiger partial charge in [0.2, 0.25) is 5.69 Å².